The van der Waals surface area contributed by atoms with E-state index in [4.69, 9.17) is 9.26 Å². The zero-order valence-corrected chi connectivity index (χ0v) is 15.0. The number of likely N-dealkylation sites (N-methyl/N-ethyl adjacent to an activating group) is 1. The van der Waals surface area contributed by atoms with Crippen molar-refractivity contribution in [2.45, 2.75) is 12.5 Å². The van der Waals surface area contributed by atoms with E-state index in [2.05, 4.69) is 20.4 Å². The number of carbonyl (C=O) groups is 2. The van der Waals surface area contributed by atoms with Crippen molar-refractivity contribution in [2.24, 2.45) is 0 Å². The molecule has 2 amide bonds. The van der Waals surface area contributed by atoms with E-state index < -0.39 is 11.9 Å². The number of aromatic nitrogens is 3. The number of fused-ring (bicyclic) bond motifs is 1. The lowest BCUT2D eigenvalue weighted by molar-refractivity contribution is -0.120. The number of nitrogens with one attached hydrogen (secondary N) is 1. The van der Waals surface area contributed by atoms with Crippen LogP contribution in [0.1, 0.15) is 22.1 Å². The highest BCUT2D eigenvalue weighted by atomic mass is 16.5. The van der Waals surface area contributed by atoms with Crippen molar-refractivity contribution >= 4 is 17.6 Å². The summed E-state index contributed by atoms with van der Waals surface area (Å²) >= 11 is 0. The van der Waals surface area contributed by atoms with E-state index in [0.717, 1.165) is 5.56 Å². The molecule has 0 spiro atoms. The lowest BCUT2D eigenvalue weighted by Gasteiger charge is -2.18. The highest BCUT2D eigenvalue weighted by Gasteiger charge is 2.32. The van der Waals surface area contributed by atoms with E-state index in [0.29, 0.717) is 23.9 Å². The van der Waals surface area contributed by atoms with Crippen molar-refractivity contribution in [3.05, 3.63) is 65.9 Å². The minimum atomic E-state index is -0.900. The Labute approximate surface area is 160 Å². The van der Waals surface area contributed by atoms with Gasteiger partial charge < -0.3 is 14.6 Å². The van der Waals surface area contributed by atoms with Gasteiger partial charge in [-0.15, -0.1) is 0 Å². The quantitative estimate of drug-likeness (QED) is 0.725. The lowest BCUT2D eigenvalue weighted by Crippen LogP contribution is -2.49. The third-order valence-corrected chi connectivity index (χ3v) is 4.28. The Morgan fingerprint density at radius 2 is 2.07 bits per heavy atom. The van der Waals surface area contributed by atoms with Crippen LogP contribution in [0.2, 0.25) is 0 Å². The van der Waals surface area contributed by atoms with Gasteiger partial charge in [-0.3, -0.25) is 14.5 Å². The fourth-order valence-corrected chi connectivity index (χ4v) is 2.84. The molecule has 1 aliphatic heterocycles. The van der Waals surface area contributed by atoms with Crippen molar-refractivity contribution in [3.63, 3.8) is 0 Å². The molecule has 4 rings (SSSR count). The number of amides is 2. The Morgan fingerprint density at radius 1 is 1.25 bits per heavy atom. The molecule has 0 aliphatic carbocycles. The van der Waals surface area contributed by atoms with Gasteiger partial charge in [-0.25, -0.2) is 4.98 Å². The van der Waals surface area contributed by atoms with Gasteiger partial charge in [0.2, 0.25) is 5.89 Å². The van der Waals surface area contributed by atoms with Gasteiger partial charge in [0.25, 0.3) is 17.6 Å². The predicted octanol–water partition coefficient (Wildman–Crippen LogP) is 1.21. The minimum Gasteiger partial charge on any atom is -0.487 e. The van der Waals surface area contributed by atoms with Gasteiger partial charge in [0.15, 0.2) is 11.6 Å². The van der Waals surface area contributed by atoms with Gasteiger partial charge in [-0.05, 0) is 17.7 Å². The smallest absolute Gasteiger partial charge is 0.293 e. The highest BCUT2D eigenvalue weighted by Crippen LogP contribution is 2.27. The molecule has 0 bridgehead atoms. The number of anilines is 1. The fourth-order valence-electron chi connectivity index (χ4n) is 2.84. The molecule has 0 saturated carbocycles. The molecule has 0 unspecified atom stereocenters. The first-order valence-corrected chi connectivity index (χ1v) is 8.64. The summed E-state index contributed by atoms with van der Waals surface area (Å²) < 4.78 is 10.8. The van der Waals surface area contributed by atoms with Gasteiger partial charge in [0, 0.05) is 13.2 Å². The van der Waals surface area contributed by atoms with Gasteiger partial charge in [0.1, 0.15) is 12.6 Å². The van der Waals surface area contributed by atoms with Gasteiger partial charge in [0.05, 0.1) is 6.42 Å². The van der Waals surface area contributed by atoms with E-state index in [9.17, 15) is 9.59 Å². The summed E-state index contributed by atoms with van der Waals surface area (Å²) in [5.41, 5.74) is 0.984. The Kier molecular flexibility index (Phi) is 4.71. The molecule has 0 radical (unpaired) electrons. The van der Waals surface area contributed by atoms with Crippen molar-refractivity contribution < 1.29 is 18.8 Å². The molecule has 3 heterocycles. The van der Waals surface area contributed by atoms with Crippen LogP contribution in [0.25, 0.3) is 0 Å². The maximum Gasteiger partial charge on any atom is 0.293 e. The topological polar surface area (TPSA) is 110 Å². The van der Waals surface area contributed by atoms with Crippen LogP contribution in [0.4, 0.5) is 5.82 Å². The summed E-state index contributed by atoms with van der Waals surface area (Å²) in [6, 6.07) is 12.1. The van der Waals surface area contributed by atoms with E-state index in [1.165, 1.54) is 4.90 Å². The average Bonchev–Trinajstić information content (AvgIpc) is 3.15. The number of nitrogens with zero attached hydrogens (tertiary/aromatic N) is 4. The van der Waals surface area contributed by atoms with Crippen LogP contribution in [0, 0.1) is 0 Å². The second-order valence-corrected chi connectivity index (χ2v) is 6.23. The lowest BCUT2D eigenvalue weighted by atomic mass is 10.1. The average molecular weight is 379 g/mol. The summed E-state index contributed by atoms with van der Waals surface area (Å²) in [5.74, 6) is 0.0830. The summed E-state index contributed by atoms with van der Waals surface area (Å²) in [4.78, 5) is 34.7. The van der Waals surface area contributed by atoms with Crippen molar-refractivity contribution in [1.29, 1.82) is 0 Å². The number of hydrogen-bond acceptors (Lipinski definition) is 7. The molecule has 9 heteroatoms. The van der Waals surface area contributed by atoms with E-state index in [-0.39, 0.29) is 18.3 Å². The first-order valence-electron chi connectivity index (χ1n) is 8.64. The maximum atomic E-state index is 12.6. The van der Waals surface area contributed by atoms with Crippen LogP contribution in [0.3, 0.4) is 0 Å². The van der Waals surface area contributed by atoms with Crippen LogP contribution in [0.15, 0.2) is 53.2 Å². The summed E-state index contributed by atoms with van der Waals surface area (Å²) in [7, 11) is 1.58. The number of hydrogen-bond donors (Lipinski definition) is 1. The molecular weight excluding hydrogens is 362 g/mol. The van der Waals surface area contributed by atoms with Crippen molar-refractivity contribution in [3.8, 4) is 5.75 Å². The van der Waals surface area contributed by atoms with Gasteiger partial charge in [-0.2, -0.15) is 4.98 Å². The number of rotatable bonds is 4. The van der Waals surface area contributed by atoms with Crippen molar-refractivity contribution in [1.82, 2.24) is 20.4 Å². The molecule has 0 fully saturated rings. The van der Waals surface area contributed by atoms with Crippen LogP contribution in [-0.4, -0.2) is 46.6 Å². The third-order valence-electron chi connectivity index (χ3n) is 4.28. The van der Waals surface area contributed by atoms with Crippen LogP contribution in [-0.2, 0) is 11.2 Å². The standard InChI is InChI=1S/C19H17N5O4/c1-24-17-14(8-5-9-20-17)27-11-13(19(24)26)21-18(25)16-22-15(28-23-16)10-12-6-3-2-4-7-12/h2-9,13H,10-11H2,1H3,(H,21,25)/t13-/m0/s1. The monoisotopic (exact) mass is 379 g/mol. The third kappa shape index (κ3) is 3.54. The molecule has 1 aliphatic rings. The SMILES string of the molecule is CN1C(=O)[C@@H](NC(=O)c2noc(Cc3ccccc3)n2)COc2cccnc21. The Morgan fingerprint density at radius 3 is 2.89 bits per heavy atom. The van der Waals surface area contributed by atoms with Gasteiger partial charge >= 0.3 is 0 Å². The minimum absolute atomic E-state index is 0.0255. The second-order valence-electron chi connectivity index (χ2n) is 6.23. The van der Waals surface area contributed by atoms with Crippen LogP contribution in [0.5, 0.6) is 5.75 Å². The first kappa shape index (κ1) is 17.7. The Balaban J connectivity index is 1.45. The van der Waals surface area contributed by atoms with Crippen molar-refractivity contribution in [2.75, 3.05) is 18.6 Å². The number of carbonyl (C=O) groups excluding carboxylic acids is 2. The molecule has 1 atom stereocenters. The number of benzene rings is 1. The fraction of sp³-hybridized carbons (Fsp3) is 0.211. The molecular formula is C19H17N5O4. The molecule has 1 aromatic carbocycles. The highest BCUT2D eigenvalue weighted by molar-refractivity contribution is 6.01. The van der Waals surface area contributed by atoms with Crippen LogP contribution < -0.4 is 15.0 Å². The largest absolute Gasteiger partial charge is 0.487 e. The zero-order chi connectivity index (χ0) is 19.5. The second kappa shape index (κ2) is 7.47. The summed E-state index contributed by atoms with van der Waals surface area (Å²) in [6.45, 7) is -0.0255. The molecule has 142 valence electrons. The van der Waals surface area contributed by atoms with Gasteiger partial charge in [-0.1, -0.05) is 35.5 Å². The Bertz CT molecular complexity index is 1000. The Hall–Kier alpha value is -3.75. The summed E-state index contributed by atoms with van der Waals surface area (Å²) in [5, 5.41) is 6.31. The van der Waals surface area contributed by atoms with E-state index in [1.54, 1.807) is 25.4 Å². The van der Waals surface area contributed by atoms with Crippen LogP contribution >= 0.6 is 0 Å². The van der Waals surface area contributed by atoms with E-state index >= 15 is 0 Å². The zero-order valence-electron chi connectivity index (χ0n) is 15.0. The summed E-state index contributed by atoms with van der Waals surface area (Å²) in [6.07, 6.45) is 1.98. The predicted molar refractivity (Wildman–Crippen MR) is 97.9 cm³/mol. The molecule has 3 aromatic rings. The normalized spacial score (nSPS) is 16.1. The van der Waals surface area contributed by atoms with E-state index in [1.807, 2.05) is 30.3 Å². The number of ether oxygens (including phenoxy) is 1. The number of pyridine rings is 1. The molecule has 0 saturated heterocycles. The molecule has 9 nitrogen and oxygen atoms in total. The molecule has 1 N–H and O–H groups in total. The maximum absolute atomic E-state index is 12.6. The molecule has 28 heavy (non-hydrogen) atoms. The molecule has 2 aromatic heterocycles. The first-order chi connectivity index (χ1) is 13.6.